The second-order valence-electron chi connectivity index (χ2n) is 4.76. The molecular weight excluding hydrogens is 248 g/mol. The number of para-hydroxylation sites is 1. The number of carboxylic acid groups (broad SMARTS) is 1. The Morgan fingerprint density at radius 2 is 2.22 bits per heavy atom. The number of rotatable bonds is 3. The molecule has 3 rings (SSSR count). The maximum atomic E-state index is 10.9. The molecule has 5 heteroatoms. The van der Waals surface area contributed by atoms with Crippen molar-refractivity contribution in [2.24, 2.45) is 11.8 Å². The summed E-state index contributed by atoms with van der Waals surface area (Å²) in [4.78, 5) is 17.6. The summed E-state index contributed by atoms with van der Waals surface area (Å²) in [5, 5.41) is 9.96. The molecular formula is C13H14N2O2S. The number of hydrogen-bond donors (Lipinski definition) is 1. The summed E-state index contributed by atoms with van der Waals surface area (Å²) in [6.45, 7) is 3.38. The van der Waals surface area contributed by atoms with Crippen molar-refractivity contribution in [2.45, 2.75) is 6.92 Å². The third kappa shape index (κ3) is 1.84. The van der Waals surface area contributed by atoms with Gasteiger partial charge in [-0.15, -0.1) is 0 Å². The quantitative estimate of drug-likeness (QED) is 0.923. The fourth-order valence-electron chi connectivity index (χ4n) is 2.18. The molecule has 1 aliphatic heterocycles. The Labute approximate surface area is 109 Å². The van der Waals surface area contributed by atoms with Crippen molar-refractivity contribution < 1.29 is 9.90 Å². The molecule has 4 nitrogen and oxygen atoms in total. The van der Waals surface area contributed by atoms with Gasteiger partial charge in [-0.25, -0.2) is 4.98 Å². The first-order chi connectivity index (χ1) is 8.65. The van der Waals surface area contributed by atoms with Crippen LogP contribution in [0.3, 0.4) is 0 Å². The minimum Gasteiger partial charge on any atom is -0.481 e. The van der Waals surface area contributed by atoms with Crippen LogP contribution < -0.4 is 4.90 Å². The summed E-state index contributed by atoms with van der Waals surface area (Å²) in [6.07, 6.45) is 0. The lowest BCUT2D eigenvalue weighted by Crippen LogP contribution is -2.51. The first kappa shape index (κ1) is 11.5. The van der Waals surface area contributed by atoms with Crippen LogP contribution in [0.2, 0.25) is 0 Å². The summed E-state index contributed by atoms with van der Waals surface area (Å²) < 4.78 is 1.18. The maximum absolute atomic E-state index is 10.9. The van der Waals surface area contributed by atoms with Gasteiger partial charge in [-0.1, -0.05) is 30.4 Å². The molecule has 0 bridgehead atoms. The SMILES string of the molecule is CC(C(=O)O)C1CN(c2nc3ccccc3s2)C1. The highest BCUT2D eigenvalue weighted by atomic mass is 32.1. The third-order valence-electron chi connectivity index (χ3n) is 3.56. The molecule has 1 atom stereocenters. The molecule has 0 radical (unpaired) electrons. The average Bonchev–Trinajstić information content (AvgIpc) is 2.69. The first-order valence-corrected chi connectivity index (χ1v) is 6.80. The third-order valence-corrected chi connectivity index (χ3v) is 4.66. The van der Waals surface area contributed by atoms with Crippen molar-refractivity contribution in [1.82, 2.24) is 4.98 Å². The Morgan fingerprint density at radius 1 is 1.50 bits per heavy atom. The van der Waals surface area contributed by atoms with Crippen LogP contribution >= 0.6 is 11.3 Å². The van der Waals surface area contributed by atoms with Gasteiger partial charge in [0.2, 0.25) is 0 Å². The maximum Gasteiger partial charge on any atom is 0.306 e. The summed E-state index contributed by atoms with van der Waals surface area (Å²) in [7, 11) is 0. The largest absolute Gasteiger partial charge is 0.481 e. The van der Waals surface area contributed by atoms with Crippen LogP contribution in [0.15, 0.2) is 24.3 Å². The molecule has 0 spiro atoms. The zero-order chi connectivity index (χ0) is 12.7. The molecule has 1 saturated heterocycles. The fraction of sp³-hybridized carbons (Fsp3) is 0.385. The number of hydrogen-bond acceptors (Lipinski definition) is 4. The highest BCUT2D eigenvalue weighted by Gasteiger charge is 2.35. The number of thiazole rings is 1. The Hall–Kier alpha value is -1.62. The summed E-state index contributed by atoms with van der Waals surface area (Å²) in [5.74, 6) is -0.728. The number of carbonyl (C=O) groups is 1. The van der Waals surface area contributed by atoms with Crippen molar-refractivity contribution in [3.8, 4) is 0 Å². The van der Waals surface area contributed by atoms with E-state index in [0.29, 0.717) is 0 Å². The molecule has 1 fully saturated rings. The van der Waals surface area contributed by atoms with E-state index < -0.39 is 5.97 Å². The Balaban J connectivity index is 1.73. The standard InChI is InChI=1S/C13H14N2O2S/c1-8(12(16)17)9-6-15(7-9)13-14-10-4-2-3-5-11(10)18-13/h2-5,8-9H,6-7H2,1H3,(H,16,17). The monoisotopic (exact) mass is 262 g/mol. The van der Waals surface area contributed by atoms with Crippen molar-refractivity contribution >= 4 is 32.7 Å². The van der Waals surface area contributed by atoms with Crippen LogP contribution in [0, 0.1) is 11.8 Å². The van der Waals surface area contributed by atoms with Gasteiger partial charge in [0.05, 0.1) is 16.1 Å². The van der Waals surface area contributed by atoms with Crippen LogP contribution in [0.25, 0.3) is 10.2 Å². The van der Waals surface area contributed by atoms with Gasteiger partial charge in [-0.3, -0.25) is 4.79 Å². The second-order valence-corrected chi connectivity index (χ2v) is 5.77. The van der Waals surface area contributed by atoms with E-state index in [-0.39, 0.29) is 11.8 Å². The number of aliphatic carboxylic acids is 1. The minimum atomic E-state index is -0.705. The number of benzene rings is 1. The molecule has 1 aromatic carbocycles. The molecule has 0 amide bonds. The molecule has 0 saturated carbocycles. The predicted octanol–water partition coefficient (Wildman–Crippen LogP) is 2.45. The number of aromatic nitrogens is 1. The van der Waals surface area contributed by atoms with E-state index in [4.69, 9.17) is 5.11 Å². The molecule has 1 N–H and O–H groups in total. The predicted molar refractivity (Wildman–Crippen MR) is 72.1 cm³/mol. The molecule has 94 valence electrons. The van der Waals surface area contributed by atoms with Crippen molar-refractivity contribution in [2.75, 3.05) is 18.0 Å². The van der Waals surface area contributed by atoms with E-state index in [9.17, 15) is 4.79 Å². The molecule has 2 aromatic rings. The van der Waals surface area contributed by atoms with E-state index in [1.165, 1.54) is 4.70 Å². The zero-order valence-electron chi connectivity index (χ0n) is 10.0. The van der Waals surface area contributed by atoms with Gasteiger partial charge in [0, 0.05) is 19.0 Å². The molecule has 1 aromatic heterocycles. The number of fused-ring (bicyclic) bond motifs is 1. The van der Waals surface area contributed by atoms with Crippen molar-refractivity contribution in [3.63, 3.8) is 0 Å². The molecule has 1 unspecified atom stereocenters. The molecule has 2 heterocycles. The van der Waals surface area contributed by atoms with Gasteiger partial charge in [-0.05, 0) is 12.1 Å². The topological polar surface area (TPSA) is 53.4 Å². The van der Waals surface area contributed by atoms with E-state index in [2.05, 4.69) is 16.0 Å². The van der Waals surface area contributed by atoms with Crippen molar-refractivity contribution in [1.29, 1.82) is 0 Å². The Bertz CT molecular complexity index is 556. The van der Waals surface area contributed by atoms with Gasteiger partial charge in [0.25, 0.3) is 0 Å². The lowest BCUT2D eigenvalue weighted by Gasteiger charge is -2.41. The van der Waals surface area contributed by atoms with Gasteiger partial charge in [0.15, 0.2) is 5.13 Å². The van der Waals surface area contributed by atoms with E-state index in [1.54, 1.807) is 18.3 Å². The smallest absolute Gasteiger partial charge is 0.306 e. The lowest BCUT2D eigenvalue weighted by molar-refractivity contribution is -0.143. The zero-order valence-corrected chi connectivity index (χ0v) is 10.9. The van der Waals surface area contributed by atoms with Gasteiger partial charge < -0.3 is 10.0 Å². The number of carboxylic acids is 1. The molecule has 1 aliphatic rings. The normalized spacial score (nSPS) is 17.7. The van der Waals surface area contributed by atoms with Crippen molar-refractivity contribution in [3.05, 3.63) is 24.3 Å². The van der Waals surface area contributed by atoms with Gasteiger partial charge >= 0.3 is 5.97 Å². The second kappa shape index (κ2) is 4.24. The van der Waals surface area contributed by atoms with E-state index in [0.717, 1.165) is 23.7 Å². The van der Waals surface area contributed by atoms with Crippen LogP contribution in [-0.4, -0.2) is 29.1 Å². The lowest BCUT2D eigenvalue weighted by atomic mass is 9.87. The Morgan fingerprint density at radius 3 is 2.89 bits per heavy atom. The number of nitrogens with zero attached hydrogens (tertiary/aromatic N) is 2. The van der Waals surface area contributed by atoms with Crippen LogP contribution in [0.1, 0.15) is 6.92 Å². The first-order valence-electron chi connectivity index (χ1n) is 5.98. The average molecular weight is 262 g/mol. The summed E-state index contributed by atoms with van der Waals surface area (Å²) in [6, 6.07) is 8.06. The van der Waals surface area contributed by atoms with Crippen LogP contribution in [0.4, 0.5) is 5.13 Å². The highest BCUT2D eigenvalue weighted by molar-refractivity contribution is 7.22. The molecule has 18 heavy (non-hydrogen) atoms. The van der Waals surface area contributed by atoms with E-state index >= 15 is 0 Å². The van der Waals surface area contributed by atoms with Gasteiger partial charge in [0.1, 0.15) is 0 Å². The summed E-state index contributed by atoms with van der Waals surface area (Å²) in [5.41, 5.74) is 1.02. The van der Waals surface area contributed by atoms with Crippen LogP contribution in [0.5, 0.6) is 0 Å². The fourth-order valence-corrected chi connectivity index (χ4v) is 3.17. The minimum absolute atomic E-state index is 0.245. The van der Waals surface area contributed by atoms with Crippen LogP contribution in [-0.2, 0) is 4.79 Å². The molecule has 0 aliphatic carbocycles. The highest BCUT2D eigenvalue weighted by Crippen LogP contribution is 2.34. The van der Waals surface area contributed by atoms with Gasteiger partial charge in [-0.2, -0.15) is 0 Å². The summed E-state index contributed by atoms with van der Waals surface area (Å²) >= 11 is 1.67. The van der Waals surface area contributed by atoms with E-state index in [1.807, 2.05) is 18.2 Å². The number of anilines is 1. The Kier molecular flexibility index (Phi) is 2.70.